The van der Waals surface area contributed by atoms with Crippen molar-refractivity contribution < 1.29 is 18.7 Å². The van der Waals surface area contributed by atoms with Crippen LogP contribution in [0, 0.1) is 5.92 Å². The molecule has 1 aliphatic heterocycles. The van der Waals surface area contributed by atoms with Gasteiger partial charge in [0.1, 0.15) is 0 Å². The van der Waals surface area contributed by atoms with Gasteiger partial charge in [-0.3, -0.25) is 9.59 Å². The molecule has 2 atom stereocenters. The number of amides is 2. The molecule has 1 aromatic heterocycles. The first-order valence-corrected chi connectivity index (χ1v) is 9.92. The SMILES string of the molecule is CC(OCCCNC(=O)C1CCCN(C(=O)c2ccco2)C1)c1ccccc1. The average Bonchev–Trinajstić information content (AvgIpc) is 3.28. The third-order valence-corrected chi connectivity index (χ3v) is 5.07. The Balaban J connectivity index is 1.36. The molecule has 6 heteroatoms. The zero-order chi connectivity index (χ0) is 19.8. The smallest absolute Gasteiger partial charge is 0.289 e. The Morgan fingerprint density at radius 2 is 2.07 bits per heavy atom. The molecular formula is C22H28N2O4. The molecule has 28 heavy (non-hydrogen) atoms. The minimum atomic E-state index is -0.170. The maximum absolute atomic E-state index is 12.5. The van der Waals surface area contributed by atoms with E-state index in [0.717, 1.165) is 24.8 Å². The van der Waals surface area contributed by atoms with Crippen LogP contribution in [0.15, 0.2) is 53.1 Å². The second-order valence-electron chi connectivity index (χ2n) is 7.14. The fourth-order valence-corrected chi connectivity index (χ4v) is 3.44. The van der Waals surface area contributed by atoms with Crippen LogP contribution in [0.2, 0.25) is 0 Å². The molecule has 6 nitrogen and oxygen atoms in total. The zero-order valence-corrected chi connectivity index (χ0v) is 16.3. The number of hydrogen-bond acceptors (Lipinski definition) is 4. The first kappa shape index (κ1) is 20.1. The molecule has 2 heterocycles. The third kappa shape index (κ3) is 5.45. The highest BCUT2D eigenvalue weighted by atomic mass is 16.5. The Bertz CT molecular complexity index is 745. The van der Waals surface area contributed by atoms with Gasteiger partial charge >= 0.3 is 0 Å². The van der Waals surface area contributed by atoms with Crippen molar-refractivity contribution in [2.45, 2.75) is 32.3 Å². The van der Waals surface area contributed by atoms with Crippen LogP contribution >= 0.6 is 0 Å². The highest BCUT2D eigenvalue weighted by molar-refractivity contribution is 5.92. The number of carbonyl (C=O) groups excluding carboxylic acids is 2. The molecule has 0 spiro atoms. The maximum Gasteiger partial charge on any atom is 0.289 e. The molecule has 1 fully saturated rings. The van der Waals surface area contributed by atoms with Gasteiger partial charge in [0, 0.05) is 26.2 Å². The number of ether oxygens (including phenoxy) is 1. The second kappa shape index (κ2) is 10.1. The topological polar surface area (TPSA) is 71.8 Å². The standard InChI is InChI=1S/C22H28N2O4/c1-17(18-8-3-2-4-9-18)27-15-7-12-23-21(25)19-10-5-13-24(16-19)22(26)20-11-6-14-28-20/h2-4,6,8-9,11,14,17,19H,5,7,10,12-13,15-16H2,1H3,(H,23,25). The largest absolute Gasteiger partial charge is 0.459 e. The van der Waals surface area contributed by atoms with Crippen LogP contribution < -0.4 is 5.32 Å². The monoisotopic (exact) mass is 384 g/mol. The Labute approximate surface area is 165 Å². The summed E-state index contributed by atoms with van der Waals surface area (Å²) in [5.41, 5.74) is 1.15. The van der Waals surface area contributed by atoms with Gasteiger partial charge in [-0.05, 0) is 43.9 Å². The summed E-state index contributed by atoms with van der Waals surface area (Å²) in [6.45, 7) is 4.29. The number of carbonyl (C=O) groups is 2. The highest BCUT2D eigenvalue weighted by Crippen LogP contribution is 2.19. The van der Waals surface area contributed by atoms with Crippen LogP contribution in [0.25, 0.3) is 0 Å². The van der Waals surface area contributed by atoms with E-state index in [4.69, 9.17) is 9.15 Å². The lowest BCUT2D eigenvalue weighted by molar-refractivity contribution is -0.126. The minimum Gasteiger partial charge on any atom is -0.459 e. The van der Waals surface area contributed by atoms with E-state index < -0.39 is 0 Å². The van der Waals surface area contributed by atoms with Crippen molar-refractivity contribution in [3.8, 4) is 0 Å². The number of furan rings is 1. The molecule has 1 N–H and O–H groups in total. The van der Waals surface area contributed by atoms with Gasteiger partial charge in [-0.15, -0.1) is 0 Å². The number of hydrogen-bond donors (Lipinski definition) is 1. The maximum atomic E-state index is 12.5. The van der Waals surface area contributed by atoms with Crippen LogP contribution in [-0.4, -0.2) is 43.0 Å². The summed E-state index contributed by atoms with van der Waals surface area (Å²) in [4.78, 5) is 26.6. The van der Waals surface area contributed by atoms with Gasteiger partial charge in [0.15, 0.2) is 5.76 Å². The number of likely N-dealkylation sites (tertiary alicyclic amines) is 1. The fourth-order valence-electron chi connectivity index (χ4n) is 3.44. The predicted octanol–water partition coefficient (Wildman–Crippen LogP) is 3.42. The van der Waals surface area contributed by atoms with Gasteiger partial charge in [0.2, 0.25) is 5.91 Å². The summed E-state index contributed by atoms with van der Waals surface area (Å²) < 4.78 is 11.0. The van der Waals surface area contributed by atoms with Gasteiger partial charge in [0.05, 0.1) is 18.3 Å². The second-order valence-corrected chi connectivity index (χ2v) is 7.14. The molecule has 0 bridgehead atoms. The molecule has 2 aromatic rings. The summed E-state index contributed by atoms with van der Waals surface area (Å²) in [6.07, 6.45) is 3.90. The lowest BCUT2D eigenvalue weighted by atomic mass is 9.97. The molecule has 0 aliphatic carbocycles. The normalized spacial score (nSPS) is 17.9. The zero-order valence-electron chi connectivity index (χ0n) is 16.3. The van der Waals surface area contributed by atoms with E-state index in [1.807, 2.05) is 37.3 Å². The number of piperidine rings is 1. The van der Waals surface area contributed by atoms with Crippen molar-refractivity contribution in [3.05, 3.63) is 60.1 Å². The molecule has 0 radical (unpaired) electrons. The summed E-state index contributed by atoms with van der Waals surface area (Å²) >= 11 is 0. The van der Waals surface area contributed by atoms with E-state index in [9.17, 15) is 9.59 Å². The van der Waals surface area contributed by atoms with Crippen LogP contribution in [0.1, 0.15) is 48.4 Å². The van der Waals surface area contributed by atoms with Gasteiger partial charge in [-0.2, -0.15) is 0 Å². The van der Waals surface area contributed by atoms with Gasteiger partial charge < -0.3 is 19.4 Å². The first-order chi connectivity index (χ1) is 13.6. The number of benzene rings is 1. The van der Waals surface area contributed by atoms with E-state index in [1.54, 1.807) is 17.0 Å². The van der Waals surface area contributed by atoms with Crippen molar-refractivity contribution >= 4 is 11.8 Å². The molecule has 1 saturated heterocycles. The lowest BCUT2D eigenvalue weighted by Crippen LogP contribution is -2.45. The van der Waals surface area contributed by atoms with E-state index in [0.29, 0.717) is 32.0 Å². The molecule has 1 aliphatic rings. The Morgan fingerprint density at radius 1 is 1.25 bits per heavy atom. The molecule has 150 valence electrons. The number of nitrogens with zero attached hydrogens (tertiary/aromatic N) is 1. The molecule has 1 aromatic carbocycles. The van der Waals surface area contributed by atoms with Crippen LogP contribution in [0.3, 0.4) is 0 Å². The van der Waals surface area contributed by atoms with E-state index in [-0.39, 0.29) is 23.8 Å². The van der Waals surface area contributed by atoms with E-state index >= 15 is 0 Å². The Morgan fingerprint density at radius 3 is 2.82 bits per heavy atom. The minimum absolute atomic E-state index is 0.00746. The van der Waals surface area contributed by atoms with Crippen molar-refractivity contribution in [1.29, 1.82) is 0 Å². The van der Waals surface area contributed by atoms with Crippen molar-refractivity contribution in [1.82, 2.24) is 10.2 Å². The van der Waals surface area contributed by atoms with Gasteiger partial charge in [-0.25, -0.2) is 0 Å². The molecule has 0 saturated carbocycles. The first-order valence-electron chi connectivity index (χ1n) is 9.92. The Hall–Kier alpha value is -2.60. The van der Waals surface area contributed by atoms with Crippen LogP contribution in [0.4, 0.5) is 0 Å². The Kier molecular flexibility index (Phi) is 7.25. The van der Waals surface area contributed by atoms with Gasteiger partial charge in [-0.1, -0.05) is 30.3 Å². The van der Waals surface area contributed by atoms with Crippen molar-refractivity contribution in [2.24, 2.45) is 5.92 Å². The third-order valence-electron chi connectivity index (χ3n) is 5.07. The lowest BCUT2D eigenvalue weighted by Gasteiger charge is -2.31. The van der Waals surface area contributed by atoms with E-state index in [1.165, 1.54) is 6.26 Å². The van der Waals surface area contributed by atoms with E-state index in [2.05, 4.69) is 5.32 Å². The molecule has 3 rings (SSSR count). The molecular weight excluding hydrogens is 356 g/mol. The fraction of sp³-hybridized carbons (Fsp3) is 0.455. The highest BCUT2D eigenvalue weighted by Gasteiger charge is 2.29. The summed E-state index contributed by atoms with van der Waals surface area (Å²) in [6, 6.07) is 13.4. The number of rotatable bonds is 8. The summed E-state index contributed by atoms with van der Waals surface area (Å²) in [5.74, 6) is 0.0152. The van der Waals surface area contributed by atoms with Crippen molar-refractivity contribution in [3.63, 3.8) is 0 Å². The van der Waals surface area contributed by atoms with Gasteiger partial charge in [0.25, 0.3) is 5.91 Å². The van der Waals surface area contributed by atoms with Crippen LogP contribution in [0.5, 0.6) is 0 Å². The van der Waals surface area contributed by atoms with Crippen molar-refractivity contribution in [2.75, 3.05) is 26.2 Å². The van der Waals surface area contributed by atoms with Crippen LogP contribution in [-0.2, 0) is 9.53 Å². The average molecular weight is 384 g/mol. The molecule has 2 unspecified atom stereocenters. The summed E-state index contributed by atoms with van der Waals surface area (Å²) in [5, 5.41) is 2.98. The predicted molar refractivity (Wildman–Crippen MR) is 106 cm³/mol. The molecule has 2 amide bonds. The summed E-state index contributed by atoms with van der Waals surface area (Å²) in [7, 11) is 0. The quantitative estimate of drug-likeness (QED) is 0.708. The number of nitrogens with one attached hydrogen (secondary N) is 1.